The summed E-state index contributed by atoms with van der Waals surface area (Å²) >= 11 is 3.49. The summed E-state index contributed by atoms with van der Waals surface area (Å²) in [5, 5.41) is 3.49. The van der Waals surface area contributed by atoms with Crippen LogP contribution in [0.1, 0.15) is 39.0 Å². The van der Waals surface area contributed by atoms with Gasteiger partial charge in [-0.2, -0.15) is 0 Å². The second-order valence-corrected chi connectivity index (χ2v) is 4.66. The zero-order chi connectivity index (χ0) is 10.6. The largest absolute Gasteiger partial charge is 0.466 e. The summed E-state index contributed by atoms with van der Waals surface area (Å²) in [5.41, 5.74) is 0. The molecule has 1 aromatic rings. The fourth-order valence-corrected chi connectivity index (χ4v) is 1.91. The van der Waals surface area contributed by atoms with E-state index in [1.165, 1.54) is 0 Å². The van der Waals surface area contributed by atoms with Crippen LogP contribution in [0.25, 0.3) is 0 Å². The van der Waals surface area contributed by atoms with Crippen LogP contribution in [-0.2, 0) is 0 Å². The molecule has 0 aromatic carbocycles. The fourth-order valence-electron chi connectivity index (χ4n) is 1.46. The van der Waals surface area contributed by atoms with E-state index in [0.29, 0.717) is 12.0 Å². The topological polar surface area (TPSA) is 25.2 Å². The molecule has 0 spiro atoms. The molecule has 0 aliphatic heterocycles. The van der Waals surface area contributed by atoms with Crippen molar-refractivity contribution < 1.29 is 4.42 Å². The van der Waals surface area contributed by atoms with Crippen molar-refractivity contribution in [2.45, 2.75) is 33.2 Å². The maximum Gasteiger partial charge on any atom is 0.135 e. The number of hydrogen-bond donors (Lipinski definition) is 1. The molecular weight excluding hydrogens is 242 g/mol. The van der Waals surface area contributed by atoms with Gasteiger partial charge < -0.3 is 9.73 Å². The molecule has 0 fully saturated rings. The zero-order valence-electron chi connectivity index (χ0n) is 9.01. The van der Waals surface area contributed by atoms with Crippen LogP contribution in [0, 0.1) is 5.92 Å². The van der Waals surface area contributed by atoms with E-state index in [9.17, 15) is 0 Å². The Balaban J connectivity index is 2.73. The molecule has 0 saturated heterocycles. The Morgan fingerprint density at radius 1 is 1.50 bits per heavy atom. The first-order valence-electron chi connectivity index (χ1n) is 5.13. The summed E-state index contributed by atoms with van der Waals surface area (Å²) in [7, 11) is 0. The van der Waals surface area contributed by atoms with Gasteiger partial charge in [-0.15, -0.1) is 0 Å². The minimum atomic E-state index is 0.305. The molecule has 1 unspecified atom stereocenters. The van der Waals surface area contributed by atoms with Crippen LogP contribution in [0.15, 0.2) is 21.2 Å². The Labute approximate surface area is 94.2 Å². The van der Waals surface area contributed by atoms with Gasteiger partial charge in [0.2, 0.25) is 0 Å². The van der Waals surface area contributed by atoms with Gasteiger partial charge in [-0.1, -0.05) is 20.8 Å². The molecule has 0 aliphatic carbocycles. The first-order valence-corrected chi connectivity index (χ1v) is 5.92. The average molecular weight is 260 g/mol. The predicted octanol–water partition coefficient (Wildman–Crippen LogP) is 3.74. The van der Waals surface area contributed by atoms with Crippen molar-refractivity contribution in [1.29, 1.82) is 0 Å². The molecule has 80 valence electrons. The quantitative estimate of drug-likeness (QED) is 0.872. The maximum atomic E-state index is 5.48. The second kappa shape index (κ2) is 5.56. The van der Waals surface area contributed by atoms with Crippen molar-refractivity contribution in [3.63, 3.8) is 0 Å². The minimum absolute atomic E-state index is 0.305. The number of nitrogens with one attached hydrogen (secondary N) is 1. The lowest BCUT2D eigenvalue weighted by Crippen LogP contribution is -2.26. The number of halogens is 1. The van der Waals surface area contributed by atoms with Gasteiger partial charge in [0.05, 0.1) is 16.8 Å². The Kier molecular flexibility index (Phi) is 4.69. The summed E-state index contributed by atoms with van der Waals surface area (Å²) in [6.07, 6.45) is 2.87. The molecular formula is C11H18BrNO. The summed E-state index contributed by atoms with van der Waals surface area (Å²) in [6.45, 7) is 7.59. The van der Waals surface area contributed by atoms with Crippen LogP contribution < -0.4 is 5.32 Å². The zero-order valence-corrected chi connectivity index (χ0v) is 10.6. The summed E-state index contributed by atoms with van der Waals surface area (Å²) in [5.74, 6) is 1.54. The van der Waals surface area contributed by atoms with E-state index < -0.39 is 0 Å². The number of hydrogen-bond acceptors (Lipinski definition) is 2. The van der Waals surface area contributed by atoms with Crippen molar-refractivity contribution in [3.05, 3.63) is 22.6 Å². The predicted molar refractivity (Wildman–Crippen MR) is 62.3 cm³/mol. The highest BCUT2D eigenvalue weighted by Gasteiger charge is 2.20. The molecule has 0 aliphatic rings. The monoisotopic (exact) mass is 259 g/mol. The third-order valence-electron chi connectivity index (χ3n) is 2.21. The molecule has 0 saturated carbocycles. The van der Waals surface area contributed by atoms with Crippen molar-refractivity contribution in [3.8, 4) is 0 Å². The van der Waals surface area contributed by atoms with Gasteiger partial charge in [-0.05, 0) is 40.9 Å². The van der Waals surface area contributed by atoms with Gasteiger partial charge in [0.1, 0.15) is 5.76 Å². The summed E-state index contributed by atoms with van der Waals surface area (Å²) in [4.78, 5) is 0. The van der Waals surface area contributed by atoms with Crippen LogP contribution in [0.4, 0.5) is 0 Å². The third kappa shape index (κ3) is 2.85. The summed E-state index contributed by atoms with van der Waals surface area (Å²) < 4.78 is 6.53. The molecule has 1 aromatic heterocycles. The van der Waals surface area contributed by atoms with Crippen LogP contribution in [0.3, 0.4) is 0 Å². The van der Waals surface area contributed by atoms with Crippen LogP contribution in [0.2, 0.25) is 0 Å². The number of furan rings is 1. The first-order chi connectivity index (χ1) is 6.66. The van der Waals surface area contributed by atoms with E-state index in [1.807, 2.05) is 6.07 Å². The fraction of sp³-hybridized carbons (Fsp3) is 0.636. The van der Waals surface area contributed by atoms with E-state index in [1.54, 1.807) is 6.26 Å². The SMILES string of the molecule is CCCNC(c1occc1Br)C(C)C. The molecule has 2 nitrogen and oxygen atoms in total. The maximum absolute atomic E-state index is 5.48. The molecule has 1 atom stereocenters. The lowest BCUT2D eigenvalue weighted by molar-refractivity contribution is 0.340. The molecule has 0 bridgehead atoms. The Bertz CT molecular complexity index is 270. The first kappa shape index (κ1) is 11.8. The molecule has 1 heterocycles. The van der Waals surface area contributed by atoms with Gasteiger partial charge in [-0.3, -0.25) is 0 Å². The minimum Gasteiger partial charge on any atom is -0.466 e. The van der Waals surface area contributed by atoms with E-state index in [2.05, 4.69) is 42.0 Å². The van der Waals surface area contributed by atoms with E-state index >= 15 is 0 Å². The van der Waals surface area contributed by atoms with Crippen molar-refractivity contribution >= 4 is 15.9 Å². The highest BCUT2D eigenvalue weighted by atomic mass is 79.9. The van der Waals surface area contributed by atoms with Gasteiger partial charge in [0, 0.05) is 0 Å². The normalized spacial score (nSPS) is 13.5. The standard InChI is InChI=1S/C11H18BrNO/c1-4-6-13-10(8(2)3)11-9(12)5-7-14-11/h5,7-8,10,13H,4,6H2,1-3H3. The Morgan fingerprint density at radius 3 is 2.64 bits per heavy atom. The van der Waals surface area contributed by atoms with Crippen molar-refractivity contribution in [1.82, 2.24) is 5.32 Å². The smallest absolute Gasteiger partial charge is 0.135 e. The molecule has 0 amide bonds. The highest BCUT2D eigenvalue weighted by molar-refractivity contribution is 9.10. The lowest BCUT2D eigenvalue weighted by Gasteiger charge is -2.20. The molecule has 1 rings (SSSR count). The average Bonchev–Trinajstić information content (AvgIpc) is 2.52. The molecule has 14 heavy (non-hydrogen) atoms. The van der Waals surface area contributed by atoms with Gasteiger partial charge in [-0.25, -0.2) is 0 Å². The van der Waals surface area contributed by atoms with E-state index in [0.717, 1.165) is 23.2 Å². The number of rotatable bonds is 5. The van der Waals surface area contributed by atoms with Gasteiger partial charge in [0.25, 0.3) is 0 Å². The van der Waals surface area contributed by atoms with E-state index in [4.69, 9.17) is 4.42 Å². The van der Waals surface area contributed by atoms with Gasteiger partial charge >= 0.3 is 0 Å². The van der Waals surface area contributed by atoms with Crippen LogP contribution in [-0.4, -0.2) is 6.54 Å². The Hall–Kier alpha value is -0.280. The molecule has 3 heteroatoms. The van der Waals surface area contributed by atoms with E-state index in [-0.39, 0.29) is 0 Å². The summed E-state index contributed by atoms with van der Waals surface area (Å²) in [6, 6.07) is 2.25. The Morgan fingerprint density at radius 2 is 2.21 bits per heavy atom. The molecule has 1 N–H and O–H groups in total. The van der Waals surface area contributed by atoms with Crippen LogP contribution in [0.5, 0.6) is 0 Å². The van der Waals surface area contributed by atoms with Crippen molar-refractivity contribution in [2.24, 2.45) is 5.92 Å². The highest BCUT2D eigenvalue weighted by Crippen LogP contribution is 2.29. The second-order valence-electron chi connectivity index (χ2n) is 3.81. The van der Waals surface area contributed by atoms with Gasteiger partial charge in [0.15, 0.2) is 0 Å². The van der Waals surface area contributed by atoms with Crippen molar-refractivity contribution in [2.75, 3.05) is 6.54 Å². The third-order valence-corrected chi connectivity index (χ3v) is 2.86. The lowest BCUT2D eigenvalue weighted by atomic mass is 10.0. The molecule has 0 radical (unpaired) electrons. The van der Waals surface area contributed by atoms with Crippen LogP contribution >= 0.6 is 15.9 Å².